The van der Waals surface area contributed by atoms with E-state index in [1.54, 1.807) is 68.9 Å². The Bertz CT molecular complexity index is 1270. The van der Waals surface area contributed by atoms with Crippen LogP contribution in [0.1, 0.15) is 11.1 Å². The molecule has 10 nitrogen and oxygen atoms in total. The summed E-state index contributed by atoms with van der Waals surface area (Å²) in [6.07, 6.45) is 3.05. The Kier molecular flexibility index (Phi) is 12.6. The highest BCUT2D eigenvalue weighted by molar-refractivity contribution is 6.31. The predicted molar refractivity (Wildman–Crippen MR) is 145 cm³/mol. The zero-order chi connectivity index (χ0) is 27.2. The Hall–Kier alpha value is -3.41. The van der Waals surface area contributed by atoms with Gasteiger partial charge in [-0.15, -0.1) is 0 Å². The molecule has 0 atom stereocenters. The van der Waals surface area contributed by atoms with Gasteiger partial charge in [0, 0.05) is 47.0 Å². The van der Waals surface area contributed by atoms with Gasteiger partial charge in [-0.1, -0.05) is 23.7 Å². The third-order valence-electron chi connectivity index (χ3n) is 4.49. The topological polar surface area (TPSA) is 149 Å². The van der Waals surface area contributed by atoms with Crippen molar-refractivity contribution >= 4 is 52.0 Å². The minimum atomic E-state index is -0.0782. The van der Waals surface area contributed by atoms with E-state index in [2.05, 4.69) is 25.3 Å². The highest BCUT2D eigenvalue weighted by Gasteiger charge is 2.05. The first-order valence-electron chi connectivity index (χ1n) is 10.5. The highest BCUT2D eigenvalue weighted by Crippen LogP contribution is 2.25. The first kappa shape index (κ1) is 29.8. The summed E-state index contributed by atoms with van der Waals surface area (Å²) < 4.78 is 10.1. The molecule has 0 aliphatic rings. The van der Waals surface area contributed by atoms with Crippen molar-refractivity contribution in [3.8, 4) is 11.5 Å². The van der Waals surface area contributed by atoms with E-state index in [1.165, 1.54) is 6.20 Å². The standard InChI is InChI=1S/C12H12ClN3O2.C8H11NO2.C4H2Cl2N2/c1-18-9-3-2-8(7-17)10(6-9)15-11-4-5-14-12(13)16-11;1-11-7-3-2-6(5-10)8(9)4-7;5-3-1-2-7-4(6)8-3/h2-6,17H,7H2,1H3,(H,14,15,16);2-4,10H,5,9H2,1H3;1-2H. The van der Waals surface area contributed by atoms with Crippen molar-refractivity contribution in [1.29, 1.82) is 0 Å². The maximum absolute atomic E-state index is 9.27. The molecule has 2 aromatic heterocycles. The zero-order valence-electron chi connectivity index (χ0n) is 19.9. The monoisotopic (exact) mass is 566 g/mol. The van der Waals surface area contributed by atoms with Gasteiger partial charge in [0.2, 0.25) is 10.6 Å². The van der Waals surface area contributed by atoms with Gasteiger partial charge in [-0.3, -0.25) is 0 Å². The van der Waals surface area contributed by atoms with Crippen LogP contribution in [0.3, 0.4) is 0 Å². The molecule has 2 heterocycles. The molecule has 13 heteroatoms. The summed E-state index contributed by atoms with van der Waals surface area (Å²) in [4.78, 5) is 15.0. The van der Waals surface area contributed by atoms with Gasteiger partial charge < -0.3 is 30.7 Å². The molecule has 0 unspecified atom stereocenters. The van der Waals surface area contributed by atoms with Crippen LogP contribution < -0.4 is 20.5 Å². The number of anilines is 3. The molecule has 0 aliphatic carbocycles. The molecule has 0 saturated heterocycles. The van der Waals surface area contributed by atoms with E-state index in [4.69, 9.17) is 55.1 Å². The maximum atomic E-state index is 9.27. The summed E-state index contributed by atoms with van der Waals surface area (Å²) in [6, 6.07) is 13.8. The van der Waals surface area contributed by atoms with Crippen molar-refractivity contribution in [3.63, 3.8) is 0 Å². The summed E-state index contributed by atoms with van der Waals surface area (Å²) in [7, 11) is 3.16. The molecule has 0 radical (unpaired) electrons. The number of nitrogens with one attached hydrogen (secondary N) is 1. The SMILES string of the molecule is COc1ccc(CO)c(N)c1.COc1ccc(CO)c(Nc2ccnc(Cl)n2)c1.Clc1ccnc(Cl)n1. The molecule has 0 aliphatic heterocycles. The van der Waals surface area contributed by atoms with E-state index < -0.39 is 0 Å². The zero-order valence-corrected chi connectivity index (χ0v) is 22.2. The van der Waals surface area contributed by atoms with Gasteiger partial charge in [-0.2, -0.15) is 0 Å². The summed E-state index contributed by atoms with van der Waals surface area (Å²) >= 11 is 16.5. The fourth-order valence-corrected chi connectivity index (χ4v) is 3.11. The van der Waals surface area contributed by atoms with Crippen molar-refractivity contribution in [2.45, 2.75) is 13.2 Å². The summed E-state index contributed by atoms with van der Waals surface area (Å²) in [5.41, 5.74) is 8.31. The van der Waals surface area contributed by atoms with Crippen molar-refractivity contribution < 1.29 is 19.7 Å². The van der Waals surface area contributed by atoms with Gasteiger partial charge in [-0.05, 0) is 47.5 Å². The Morgan fingerprint density at radius 1 is 0.784 bits per heavy atom. The molecule has 0 saturated carbocycles. The van der Waals surface area contributed by atoms with Crippen LogP contribution in [0.5, 0.6) is 11.5 Å². The third kappa shape index (κ3) is 10.2. The molecule has 2 aromatic carbocycles. The Labute approximate surface area is 229 Å². The van der Waals surface area contributed by atoms with Crippen molar-refractivity contribution in [2.75, 3.05) is 25.3 Å². The van der Waals surface area contributed by atoms with Crippen molar-refractivity contribution in [1.82, 2.24) is 19.9 Å². The number of aliphatic hydroxyl groups excluding tert-OH is 2. The molecular weight excluding hydrogens is 543 g/mol. The molecule has 0 amide bonds. The molecule has 0 bridgehead atoms. The van der Waals surface area contributed by atoms with Crippen LogP contribution >= 0.6 is 34.8 Å². The Morgan fingerprint density at radius 2 is 1.35 bits per heavy atom. The number of nitrogen functional groups attached to an aromatic ring is 1. The molecule has 0 fully saturated rings. The van der Waals surface area contributed by atoms with Crippen LogP contribution in [0.25, 0.3) is 0 Å². The molecule has 4 aromatic rings. The Balaban J connectivity index is 0.000000215. The summed E-state index contributed by atoms with van der Waals surface area (Å²) in [6.45, 7) is -0.110. The molecule has 4 rings (SSSR count). The average Bonchev–Trinajstić information content (AvgIpc) is 2.89. The minimum absolute atomic E-state index is 0.0319. The number of aliphatic hydroxyl groups is 2. The van der Waals surface area contributed by atoms with Gasteiger partial charge in [-0.25, -0.2) is 19.9 Å². The summed E-state index contributed by atoms with van der Waals surface area (Å²) in [5.74, 6) is 1.95. The number of aromatic nitrogens is 4. The first-order chi connectivity index (χ1) is 17.8. The fourth-order valence-electron chi connectivity index (χ4n) is 2.64. The van der Waals surface area contributed by atoms with Gasteiger partial charge >= 0.3 is 0 Å². The highest BCUT2D eigenvalue weighted by atomic mass is 35.5. The van der Waals surface area contributed by atoms with E-state index >= 15 is 0 Å². The van der Waals surface area contributed by atoms with Crippen molar-refractivity contribution in [3.05, 3.63) is 87.8 Å². The van der Waals surface area contributed by atoms with Gasteiger partial charge in [0.05, 0.1) is 27.4 Å². The third-order valence-corrected chi connectivity index (χ3v) is 5.07. The van der Waals surface area contributed by atoms with Gasteiger partial charge in [0.1, 0.15) is 22.5 Å². The second-order valence-electron chi connectivity index (χ2n) is 6.89. The predicted octanol–water partition coefficient (Wildman–Crippen LogP) is 4.93. The number of ether oxygens (including phenoxy) is 2. The van der Waals surface area contributed by atoms with Crippen LogP contribution in [0.4, 0.5) is 17.2 Å². The second kappa shape index (κ2) is 15.6. The number of halogens is 3. The molecule has 5 N–H and O–H groups in total. The lowest BCUT2D eigenvalue weighted by atomic mass is 10.2. The van der Waals surface area contributed by atoms with E-state index in [0.29, 0.717) is 33.8 Å². The molecule has 0 spiro atoms. The number of benzene rings is 2. The van der Waals surface area contributed by atoms with Crippen LogP contribution in [0.15, 0.2) is 60.9 Å². The maximum Gasteiger partial charge on any atom is 0.224 e. The van der Waals surface area contributed by atoms with Gasteiger partial charge in [0.15, 0.2) is 0 Å². The van der Waals surface area contributed by atoms with Crippen LogP contribution in [0.2, 0.25) is 15.7 Å². The van der Waals surface area contributed by atoms with Gasteiger partial charge in [0.25, 0.3) is 0 Å². The van der Waals surface area contributed by atoms with Crippen LogP contribution in [-0.2, 0) is 13.2 Å². The molecular formula is C24H25Cl3N6O4. The number of hydrogen-bond donors (Lipinski definition) is 4. The lowest BCUT2D eigenvalue weighted by Crippen LogP contribution is -1.99. The van der Waals surface area contributed by atoms with E-state index in [1.807, 2.05) is 0 Å². The molecule has 37 heavy (non-hydrogen) atoms. The van der Waals surface area contributed by atoms with Crippen LogP contribution in [0, 0.1) is 0 Å². The van der Waals surface area contributed by atoms with E-state index in [-0.39, 0.29) is 23.8 Å². The Morgan fingerprint density at radius 3 is 1.84 bits per heavy atom. The largest absolute Gasteiger partial charge is 0.497 e. The number of hydrogen-bond acceptors (Lipinski definition) is 10. The quantitative estimate of drug-likeness (QED) is 0.144. The number of nitrogens with two attached hydrogens (primary N) is 1. The van der Waals surface area contributed by atoms with E-state index in [9.17, 15) is 5.11 Å². The number of methoxy groups -OCH3 is 2. The number of rotatable bonds is 6. The average molecular weight is 568 g/mol. The molecule has 196 valence electrons. The van der Waals surface area contributed by atoms with Crippen molar-refractivity contribution in [2.24, 2.45) is 0 Å². The smallest absolute Gasteiger partial charge is 0.224 e. The summed E-state index contributed by atoms with van der Waals surface area (Å²) in [5, 5.41) is 21.8. The second-order valence-corrected chi connectivity index (χ2v) is 7.95. The van der Waals surface area contributed by atoms with Crippen LogP contribution in [-0.4, -0.2) is 44.4 Å². The lowest BCUT2D eigenvalue weighted by molar-refractivity contribution is 0.282. The normalized spacial score (nSPS) is 9.81. The fraction of sp³-hybridized carbons (Fsp3) is 0.167. The lowest BCUT2D eigenvalue weighted by Gasteiger charge is -2.11. The minimum Gasteiger partial charge on any atom is -0.497 e. The first-order valence-corrected chi connectivity index (χ1v) is 11.6. The van der Waals surface area contributed by atoms with E-state index in [0.717, 1.165) is 11.1 Å². The number of nitrogens with zero attached hydrogens (tertiary/aromatic N) is 4.